The van der Waals surface area contributed by atoms with Gasteiger partial charge < -0.3 is 33.8 Å². The van der Waals surface area contributed by atoms with Crippen LogP contribution in [0.2, 0.25) is 0 Å². The van der Waals surface area contributed by atoms with Crippen molar-refractivity contribution in [3.63, 3.8) is 0 Å². The minimum Gasteiger partial charge on any atom is -0.462 e. The van der Waals surface area contributed by atoms with Crippen LogP contribution in [-0.2, 0) is 65.4 Å². The third-order valence-corrected chi connectivity index (χ3v) is 20.5. The molecule has 0 fully saturated rings. The third kappa shape index (κ3) is 74.1. The summed E-state index contributed by atoms with van der Waals surface area (Å²) >= 11 is 0. The van der Waals surface area contributed by atoms with Crippen LogP contribution in [0.4, 0.5) is 0 Å². The van der Waals surface area contributed by atoms with E-state index in [-0.39, 0.29) is 25.7 Å². The molecule has 0 saturated carbocycles. The van der Waals surface area contributed by atoms with Crippen LogP contribution in [0.5, 0.6) is 0 Å². The van der Waals surface area contributed by atoms with Crippen LogP contribution in [0.3, 0.4) is 0 Å². The number of carbonyl (C=O) groups excluding carboxylic acids is 4. The van der Waals surface area contributed by atoms with Crippen LogP contribution in [-0.4, -0.2) is 96.7 Å². The highest BCUT2D eigenvalue weighted by atomic mass is 31.2. The lowest BCUT2D eigenvalue weighted by Gasteiger charge is -2.21. The van der Waals surface area contributed by atoms with Crippen LogP contribution in [0.25, 0.3) is 0 Å². The average Bonchev–Trinajstić information content (AvgIpc) is 1.07. The van der Waals surface area contributed by atoms with E-state index in [1.54, 1.807) is 0 Å². The molecule has 17 nitrogen and oxygen atoms in total. The fourth-order valence-electron chi connectivity index (χ4n) is 12.3. The maximum atomic E-state index is 13.1. The summed E-state index contributed by atoms with van der Waals surface area (Å²) in [7, 11) is -9.92. The van der Waals surface area contributed by atoms with Crippen molar-refractivity contribution in [3.8, 4) is 0 Å². The summed E-state index contributed by atoms with van der Waals surface area (Å²) in [6.45, 7) is 11.9. The van der Waals surface area contributed by atoms with Gasteiger partial charge in [-0.1, -0.05) is 363 Å². The zero-order valence-corrected chi connectivity index (χ0v) is 66.8. The second-order valence-corrected chi connectivity index (χ2v) is 33.1. The first kappa shape index (κ1) is 97.1. The summed E-state index contributed by atoms with van der Waals surface area (Å²) < 4.78 is 68.6. The fourth-order valence-corrected chi connectivity index (χ4v) is 13.9. The van der Waals surface area contributed by atoms with E-state index in [1.165, 1.54) is 218 Å². The molecule has 0 aliphatic heterocycles. The normalized spacial score (nSPS) is 14.0. The van der Waals surface area contributed by atoms with Crippen LogP contribution < -0.4 is 0 Å². The molecular formula is C80H156O17P2. The highest BCUT2D eigenvalue weighted by Crippen LogP contribution is 2.45. The molecule has 99 heavy (non-hydrogen) atoms. The first-order chi connectivity index (χ1) is 47.7. The van der Waals surface area contributed by atoms with Gasteiger partial charge in [-0.15, -0.1) is 0 Å². The Morgan fingerprint density at radius 1 is 0.273 bits per heavy atom. The number of phosphoric acid groups is 2. The summed E-state index contributed by atoms with van der Waals surface area (Å²) in [4.78, 5) is 72.9. The van der Waals surface area contributed by atoms with Crippen molar-refractivity contribution in [2.75, 3.05) is 39.6 Å². The highest BCUT2D eigenvalue weighted by molar-refractivity contribution is 7.47. The first-order valence-electron chi connectivity index (χ1n) is 41.3. The summed E-state index contributed by atoms with van der Waals surface area (Å²) in [6, 6.07) is 0. The monoisotopic (exact) mass is 1450 g/mol. The maximum absolute atomic E-state index is 13.1. The first-order valence-corrected chi connectivity index (χ1v) is 44.3. The molecular weight excluding hydrogens is 1290 g/mol. The van der Waals surface area contributed by atoms with Gasteiger partial charge in [0.1, 0.15) is 19.3 Å². The topological polar surface area (TPSA) is 237 Å². The number of rotatable bonds is 78. The molecule has 19 heteroatoms. The summed E-state index contributed by atoms with van der Waals surface area (Å²) in [6.07, 6.45) is 58.4. The number of unbranched alkanes of at least 4 members (excludes halogenated alkanes) is 46. The van der Waals surface area contributed by atoms with E-state index in [4.69, 9.17) is 37.0 Å². The zero-order chi connectivity index (χ0) is 73.0. The van der Waals surface area contributed by atoms with Gasteiger partial charge in [0.05, 0.1) is 26.4 Å². The lowest BCUT2D eigenvalue weighted by molar-refractivity contribution is -0.161. The van der Waals surface area contributed by atoms with E-state index >= 15 is 0 Å². The highest BCUT2D eigenvalue weighted by Gasteiger charge is 2.30. The van der Waals surface area contributed by atoms with Gasteiger partial charge in [0.15, 0.2) is 12.2 Å². The average molecular weight is 1450 g/mol. The molecule has 0 spiro atoms. The Kier molecular flexibility index (Phi) is 69.0. The Bertz CT molecular complexity index is 1920. The van der Waals surface area contributed by atoms with Gasteiger partial charge in [0.2, 0.25) is 0 Å². The molecule has 2 unspecified atom stereocenters. The minimum atomic E-state index is -4.96. The number of carbonyl (C=O) groups is 4. The fraction of sp³-hybridized carbons (Fsp3) is 0.950. The number of ether oxygens (including phenoxy) is 4. The van der Waals surface area contributed by atoms with E-state index in [9.17, 15) is 43.2 Å². The van der Waals surface area contributed by atoms with Crippen molar-refractivity contribution in [2.24, 2.45) is 17.8 Å². The van der Waals surface area contributed by atoms with Gasteiger partial charge in [-0.25, -0.2) is 9.13 Å². The Morgan fingerprint density at radius 2 is 0.465 bits per heavy atom. The SMILES string of the molecule is CCCCCCCCCCCCCCCC(=O)O[C@H](COC(=O)CCCCCCCCC(C)C)COP(=O)(O)OC[C@H](O)COP(=O)(O)OC[C@@H](COC(=O)CCCCCCCCCCCCCCCCCC(C)C)OC(=O)CCCCCCCCCCCCCCCCCCC(C)C. The molecule has 0 radical (unpaired) electrons. The summed E-state index contributed by atoms with van der Waals surface area (Å²) in [5.74, 6) is 0.182. The van der Waals surface area contributed by atoms with Gasteiger partial charge in [-0.05, 0) is 43.4 Å². The smallest absolute Gasteiger partial charge is 0.462 e. The number of phosphoric ester groups is 2. The standard InChI is InChI=1S/C80H156O17P2/c1-8-9-10-11-12-13-14-22-30-35-40-49-56-63-80(85)97-76(68-91-78(83)62-55-48-43-42-46-53-60-73(6)7)70-95-99(88,89)93-66-74(81)65-92-98(86,87)94-69-75(67-90-77(82)61-54-47-39-34-29-25-21-17-19-24-28-33-38-45-52-59-72(4)5)96-79(84)64-57-50-41-36-31-26-20-16-15-18-23-27-32-37-44-51-58-71(2)3/h71-76,81H,8-70H2,1-7H3,(H,86,87)(H,88,89)/t74-,75-,76-/m1/s1. The van der Waals surface area contributed by atoms with Gasteiger partial charge >= 0.3 is 39.5 Å². The van der Waals surface area contributed by atoms with Gasteiger partial charge in [0, 0.05) is 25.7 Å². The van der Waals surface area contributed by atoms with E-state index in [0.717, 1.165) is 108 Å². The lowest BCUT2D eigenvalue weighted by Crippen LogP contribution is -2.30. The Hall–Kier alpha value is -1.94. The molecule has 588 valence electrons. The second-order valence-electron chi connectivity index (χ2n) is 30.2. The molecule has 3 N–H and O–H groups in total. The molecule has 0 rings (SSSR count). The molecule has 0 bridgehead atoms. The number of aliphatic hydroxyl groups is 1. The van der Waals surface area contributed by atoms with E-state index in [1.807, 2.05) is 0 Å². The third-order valence-electron chi connectivity index (χ3n) is 18.6. The predicted octanol–water partition coefficient (Wildman–Crippen LogP) is 23.7. The molecule has 0 aliphatic rings. The van der Waals surface area contributed by atoms with Gasteiger partial charge in [0.25, 0.3) is 0 Å². The molecule has 5 atom stereocenters. The van der Waals surface area contributed by atoms with Crippen molar-refractivity contribution in [1.29, 1.82) is 0 Å². The van der Waals surface area contributed by atoms with Crippen LogP contribution >= 0.6 is 15.6 Å². The molecule has 0 heterocycles. The van der Waals surface area contributed by atoms with Gasteiger partial charge in [-0.3, -0.25) is 37.3 Å². The quantitative estimate of drug-likeness (QED) is 0.0222. The summed E-state index contributed by atoms with van der Waals surface area (Å²) in [5, 5.41) is 10.6. The predicted molar refractivity (Wildman–Crippen MR) is 405 cm³/mol. The maximum Gasteiger partial charge on any atom is 0.472 e. The molecule has 0 amide bonds. The zero-order valence-electron chi connectivity index (χ0n) is 65.0. The van der Waals surface area contributed by atoms with Crippen molar-refractivity contribution in [2.45, 2.75) is 433 Å². The molecule has 0 saturated heterocycles. The molecule has 0 aliphatic carbocycles. The largest absolute Gasteiger partial charge is 0.472 e. The number of aliphatic hydroxyl groups excluding tert-OH is 1. The lowest BCUT2D eigenvalue weighted by atomic mass is 10.0. The van der Waals surface area contributed by atoms with Gasteiger partial charge in [-0.2, -0.15) is 0 Å². The van der Waals surface area contributed by atoms with Crippen molar-refractivity contribution < 1.29 is 80.2 Å². The van der Waals surface area contributed by atoms with Crippen LogP contribution in [0.1, 0.15) is 414 Å². The summed E-state index contributed by atoms with van der Waals surface area (Å²) in [5.41, 5.74) is 0. The van der Waals surface area contributed by atoms with Crippen molar-refractivity contribution in [1.82, 2.24) is 0 Å². The minimum absolute atomic E-state index is 0.107. The number of hydrogen-bond donors (Lipinski definition) is 3. The molecule has 0 aromatic carbocycles. The second kappa shape index (κ2) is 70.4. The van der Waals surface area contributed by atoms with E-state index < -0.39 is 97.5 Å². The van der Waals surface area contributed by atoms with E-state index in [0.29, 0.717) is 31.6 Å². The number of esters is 4. The molecule has 0 aromatic rings. The Balaban J connectivity index is 5.22. The van der Waals surface area contributed by atoms with E-state index in [2.05, 4.69) is 48.5 Å². The van der Waals surface area contributed by atoms with Crippen LogP contribution in [0, 0.1) is 17.8 Å². The molecule has 0 aromatic heterocycles. The van der Waals surface area contributed by atoms with Crippen molar-refractivity contribution >= 4 is 39.5 Å². The Labute approximate surface area is 607 Å². The van der Waals surface area contributed by atoms with Crippen LogP contribution in [0.15, 0.2) is 0 Å². The Morgan fingerprint density at radius 3 is 0.687 bits per heavy atom. The number of hydrogen-bond acceptors (Lipinski definition) is 15. The van der Waals surface area contributed by atoms with Crippen molar-refractivity contribution in [3.05, 3.63) is 0 Å².